The fraction of sp³-hybridized carbons (Fsp3) is 0.120. The van der Waals surface area contributed by atoms with Gasteiger partial charge in [-0.3, -0.25) is 10.1 Å². The van der Waals surface area contributed by atoms with Gasteiger partial charge in [0.2, 0.25) is 5.90 Å². The highest BCUT2D eigenvalue weighted by molar-refractivity contribution is 14.1. The number of non-ortho nitro benzene ring substituents is 1. The van der Waals surface area contributed by atoms with Gasteiger partial charge in [-0.05, 0) is 81.3 Å². The summed E-state index contributed by atoms with van der Waals surface area (Å²) in [5, 5.41) is 11.3. The molecule has 0 bridgehead atoms. The van der Waals surface area contributed by atoms with Crippen molar-refractivity contribution < 1.29 is 23.9 Å². The number of halogens is 3. The van der Waals surface area contributed by atoms with Crippen LogP contribution in [-0.2, 0) is 16.1 Å². The summed E-state index contributed by atoms with van der Waals surface area (Å²) in [6, 6.07) is 15.2. The molecule has 4 rings (SSSR count). The van der Waals surface area contributed by atoms with E-state index in [1.54, 1.807) is 12.1 Å². The van der Waals surface area contributed by atoms with Crippen LogP contribution in [0.2, 0.25) is 5.02 Å². The minimum absolute atomic E-state index is 0.00873. The highest BCUT2D eigenvalue weighted by atomic mass is 127. The Labute approximate surface area is 233 Å². The highest BCUT2D eigenvalue weighted by Crippen LogP contribution is 2.38. The van der Waals surface area contributed by atoms with Crippen molar-refractivity contribution in [2.45, 2.75) is 13.5 Å². The van der Waals surface area contributed by atoms with Gasteiger partial charge in [-0.15, -0.1) is 0 Å². The second kappa shape index (κ2) is 11.4. The molecule has 0 unspecified atom stereocenters. The van der Waals surface area contributed by atoms with Crippen molar-refractivity contribution in [2.75, 3.05) is 6.61 Å². The van der Waals surface area contributed by atoms with E-state index in [2.05, 4.69) is 43.5 Å². The van der Waals surface area contributed by atoms with Crippen LogP contribution in [0.15, 0.2) is 69.8 Å². The Morgan fingerprint density at radius 1 is 1.19 bits per heavy atom. The minimum atomic E-state index is -0.708. The van der Waals surface area contributed by atoms with E-state index in [1.807, 2.05) is 31.2 Å². The lowest BCUT2D eigenvalue weighted by atomic mass is 10.1. The SMILES string of the molecule is CCOc1cc(/C=C2\N=C(c3cc([N+](=O)[O-])ccc3Cl)OC2=O)cc(Br)c1OCc1ccccc1I. The Morgan fingerprint density at radius 2 is 1.97 bits per heavy atom. The summed E-state index contributed by atoms with van der Waals surface area (Å²) < 4.78 is 18.8. The van der Waals surface area contributed by atoms with Crippen LogP contribution in [0, 0.1) is 13.7 Å². The molecule has 1 heterocycles. The molecule has 0 atom stereocenters. The standard InChI is InChI=1S/C25H17BrClIN2O6/c1-2-34-22-11-14(9-18(26)23(22)35-13-15-5-3-4-6-20(15)28)10-21-25(31)36-24(29-21)17-12-16(30(32)33)7-8-19(17)27/h3-12H,2,13H2,1H3/b21-10-. The molecule has 36 heavy (non-hydrogen) atoms. The Balaban J connectivity index is 1.65. The number of nitro benzene ring substituents is 1. The van der Waals surface area contributed by atoms with Crippen LogP contribution in [0.1, 0.15) is 23.6 Å². The lowest BCUT2D eigenvalue weighted by Gasteiger charge is -2.15. The smallest absolute Gasteiger partial charge is 0.363 e. The molecule has 0 aromatic heterocycles. The van der Waals surface area contributed by atoms with Gasteiger partial charge in [0, 0.05) is 21.3 Å². The summed E-state index contributed by atoms with van der Waals surface area (Å²) in [6.45, 7) is 2.61. The molecule has 0 fully saturated rings. The maximum Gasteiger partial charge on any atom is 0.363 e. The number of rotatable bonds is 8. The second-order valence-corrected chi connectivity index (χ2v) is 9.82. The van der Waals surface area contributed by atoms with Gasteiger partial charge >= 0.3 is 5.97 Å². The number of benzene rings is 3. The Hall–Kier alpha value is -2.96. The molecule has 8 nitrogen and oxygen atoms in total. The number of carbonyl (C=O) groups excluding carboxylic acids is 1. The zero-order valence-corrected chi connectivity index (χ0v) is 23.2. The van der Waals surface area contributed by atoms with Gasteiger partial charge in [0.15, 0.2) is 17.2 Å². The van der Waals surface area contributed by atoms with E-state index in [0.29, 0.717) is 34.7 Å². The first-order chi connectivity index (χ1) is 17.3. The van der Waals surface area contributed by atoms with E-state index >= 15 is 0 Å². The van der Waals surface area contributed by atoms with E-state index in [0.717, 1.165) is 9.13 Å². The number of aliphatic imine (C=N–C) groups is 1. The predicted octanol–water partition coefficient (Wildman–Crippen LogP) is 6.94. The summed E-state index contributed by atoms with van der Waals surface area (Å²) in [4.78, 5) is 27.3. The van der Waals surface area contributed by atoms with E-state index < -0.39 is 10.9 Å². The fourth-order valence-corrected chi connectivity index (χ4v) is 4.63. The first-order valence-electron chi connectivity index (χ1n) is 10.6. The van der Waals surface area contributed by atoms with Gasteiger partial charge < -0.3 is 14.2 Å². The number of carbonyl (C=O) groups is 1. The molecule has 0 aliphatic carbocycles. The number of nitrogens with zero attached hydrogens (tertiary/aromatic N) is 2. The molecule has 1 aliphatic rings. The van der Waals surface area contributed by atoms with E-state index in [1.165, 1.54) is 24.3 Å². The van der Waals surface area contributed by atoms with Crippen LogP contribution in [-0.4, -0.2) is 23.4 Å². The van der Waals surface area contributed by atoms with Gasteiger partial charge in [-0.25, -0.2) is 9.79 Å². The van der Waals surface area contributed by atoms with Crippen molar-refractivity contribution in [3.63, 3.8) is 0 Å². The van der Waals surface area contributed by atoms with Crippen molar-refractivity contribution in [3.8, 4) is 11.5 Å². The summed E-state index contributed by atoms with van der Waals surface area (Å²) >= 11 is 12.0. The summed E-state index contributed by atoms with van der Waals surface area (Å²) in [5.74, 6) is 0.198. The molecule has 0 saturated carbocycles. The quantitative estimate of drug-likeness (QED) is 0.0839. The van der Waals surface area contributed by atoms with Gasteiger partial charge in [0.1, 0.15) is 6.61 Å². The number of ether oxygens (including phenoxy) is 3. The first-order valence-corrected chi connectivity index (χ1v) is 12.8. The van der Waals surface area contributed by atoms with E-state index in [-0.39, 0.29) is 27.9 Å². The van der Waals surface area contributed by atoms with Gasteiger partial charge in [0.25, 0.3) is 5.69 Å². The first kappa shape index (κ1) is 26.1. The van der Waals surface area contributed by atoms with Crippen molar-refractivity contribution in [2.24, 2.45) is 4.99 Å². The zero-order valence-electron chi connectivity index (χ0n) is 18.7. The predicted molar refractivity (Wildman–Crippen MR) is 148 cm³/mol. The highest BCUT2D eigenvalue weighted by Gasteiger charge is 2.27. The van der Waals surface area contributed by atoms with Crippen LogP contribution in [0.25, 0.3) is 6.08 Å². The largest absolute Gasteiger partial charge is 0.490 e. The Morgan fingerprint density at radius 3 is 2.69 bits per heavy atom. The third kappa shape index (κ3) is 5.88. The maximum atomic E-state index is 12.5. The minimum Gasteiger partial charge on any atom is -0.490 e. The second-order valence-electron chi connectivity index (χ2n) is 7.40. The molecule has 3 aromatic rings. The molecule has 184 valence electrons. The van der Waals surface area contributed by atoms with Crippen molar-refractivity contribution in [1.29, 1.82) is 0 Å². The molecule has 1 aliphatic heterocycles. The summed E-state index contributed by atoms with van der Waals surface area (Å²) in [7, 11) is 0. The summed E-state index contributed by atoms with van der Waals surface area (Å²) in [6.07, 6.45) is 1.53. The van der Waals surface area contributed by atoms with Crippen molar-refractivity contribution in [3.05, 3.63) is 100 Å². The number of hydrogen-bond donors (Lipinski definition) is 0. The molecular formula is C25H17BrClIN2O6. The van der Waals surface area contributed by atoms with Crippen LogP contribution in [0.5, 0.6) is 11.5 Å². The van der Waals surface area contributed by atoms with Crippen molar-refractivity contribution in [1.82, 2.24) is 0 Å². The zero-order chi connectivity index (χ0) is 25.8. The number of nitro groups is 1. The molecular weight excluding hydrogens is 667 g/mol. The average molecular weight is 684 g/mol. The molecule has 0 N–H and O–H groups in total. The van der Waals surface area contributed by atoms with Crippen LogP contribution < -0.4 is 9.47 Å². The van der Waals surface area contributed by atoms with E-state index in [4.69, 9.17) is 25.8 Å². The molecule has 0 spiro atoms. The third-order valence-electron chi connectivity index (χ3n) is 4.98. The van der Waals surface area contributed by atoms with Gasteiger partial charge in [0.05, 0.1) is 26.6 Å². The number of cyclic esters (lactones) is 1. The lowest BCUT2D eigenvalue weighted by molar-refractivity contribution is -0.384. The van der Waals surface area contributed by atoms with Crippen molar-refractivity contribution >= 4 is 73.8 Å². The summed E-state index contributed by atoms with van der Waals surface area (Å²) in [5.41, 5.74) is 1.60. The molecule has 0 saturated heterocycles. The van der Waals surface area contributed by atoms with Crippen LogP contribution in [0.4, 0.5) is 5.69 Å². The van der Waals surface area contributed by atoms with Crippen LogP contribution >= 0.6 is 50.1 Å². The van der Waals surface area contributed by atoms with E-state index in [9.17, 15) is 14.9 Å². The molecule has 11 heteroatoms. The van der Waals surface area contributed by atoms with Crippen LogP contribution in [0.3, 0.4) is 0 Å². The lowest BCUT2D eigenvalue weighted by Crippen LogP contribution is -2.06. The Bertz CT molecular complexity index is 1430. The van der Waals surface area contributed by atoms with Gasteiger partial charge in [-0.2, -0.15) is 0 Å². The molecule has 3 aromatic carbocycles. The van der Waals surface area contributed by atoms with Gasteiger partial charge in [-0.1, -0.05) is 29.8 Å². The molecule has 0 amide bonds. The fourth-order valence-electron chi connectivity index (χ4n) is 3.31. The average Bonchev–Trinajstić information content (AvgIpc) is 3.19. The topological polar surface area (TPSA) is 100 Å². The monoisotopic (exact) mass is 682 g/mol. The number of esters is 1. The third-order valence-corrected chi connectivity index (χ3v) is 6.95. The maximum absolute atomic E-state index is 12.5. The number of hydrogen-bond acceptors (Lipinski definition) is 7. The normalized spacial score (nSPS) is 13.9. The molecule has 0 radical (unpaired) electrons. The Kier molecular flexibility index (Phi) is 8.27.